The summed E-state index contributed by atoms with van der Waals surface area (Å²) in [5.41, 5.74) is 0.583. The van der Waals surface area contributed by atoms with E-state index in [9.17, 15) is 14.9 Å². The first-order valence-electron chi connectivity index (χ1n) is 5.38. The van der Waals surface area contributed by atoms with E-state index in [1.54, 1.807) is 24.3 Å². The maximum absolute atomic E-state index is 11.8. The van der Waals surface area contributed by atoms with Gasteiger partial charge in [0.2, 0.25) is 5.91 Å². The molecule has 2 aromatic rings. The van der Waals surface area contributed by atoms with Crippen molar-refractivity contribution in [2.75, 3.05) is 5.32 Å². The van der Waals surface area contributed by atoms with Gasteiger partial charge in [-0.3, -0.25) is 4.79 Å². The zero-order valence-corrected chi connectivity index (χ0v) is 12.3. The fourth-order valence-corrected chi connectivity index (χ4v) is 2.06. The van der Waals surface area contributed by atoms with Crippen LogP contribution in [-0.4, -0.2) is 20.6 Å². The Balaban J connectivity index is 2.03. The number of hydrogen-bond acceptors (Lipinski definition) is 4. The highest BCUT2D eigenvalue weighted by atomic mass is 79.9. The van der Waals surface area contributed by atoms with Crippen LogP contribution in [0, 0.1) is 10.1 Å². The van der Waals surface area contributed by atoms with E-state index in [0.717, 1.165) is 0 Å². The molecule has 0 spiro atoms. The number of carbonyl (C=O) groups is 1. The zero-order valence-electron chi connectivity index (χ0n) is 9.92. The average molecular weight is 360 g/mol. The second-order valence-corrected chi connectivity index (χ2v) is 5.10. The molecule has 1 aromatic heterocycles. The number of rotatable bonds is 4. The van der Waals surface area contributed by atoms with Gasteiger partial charge in [0.1, 0.15) is 11.0 Å². The number of benzene rings is 1. The molecule has 1 N–H and O–H groups in total. The molecule has 1 heterocycles. The van der Waals surface area contributed by atoms with Gasteiger partial charge in [-0.15, -0.1) is 0 Å². The summed E-state index contributed by atoms with van der Waals surface area (Å²) in [6, 6.07) is 6.60. The summed E-state index contributed by atoms with van der Waals surface area (Å²) in [5, 5.41) is 17.5. The summed E-state index contributed by atoms with van der Waals surface area (Å²) < 4.78 is 1.41. The molecule has 104 valence electrons. The number of aromatic nitrogens is 2. The van der Waals surface area contributed by atoms with Crippen LogP contribution in [0.4, 0.5) is 11.5 Å². The Morgan fingerprint density at radius 2 is 2.10 bits per heavy atom. The van der Waals surface area contributed by atoms with Crippen LogP contribution in [0.25, 0.3) is 0 Å². The lowest BCUT2D eigenvalue weighted by atomic mass is 10.3. The summed E-state index contributed by atoms with van der Waals surface area (Å²) in [5.74, 6) is -0.679. The smallest absolute Gasteiger partial charge is 0.358 e. The number of amides is 1. The van der Waals surface area contributed by atoms with Crippen molar-refractivity contribution in [1.82, 2.24) is 9.78 Å². The largest absolute Gasteiger partial charge is 0.404 e. The fraction of sp³-hybridized carbons (Fsp3) is 0.0909. The molecule has 0 saturated heterocycles. The monoisotopic (exact) mass is 358 g/mol. The molecule has 0 fully saturated rings. The van der Waals surface area contributed by atoms with E-state index >= 15 is 0 Å². The highest BCUT2D eigenvalue weighted by Gasteiger charge is 2.19. The molecule has 0 aliphatic rings. The third-order valence-corrected chi connectivity index (χ3v) is 3.12. The minimum atomic E-state index is -0.627. The van der Waals surface area contributed by atoms with E-state index in [-0.39, 0.29) is 22.7 Å². The second kappa shape index (κ2) is 6.02. The highest BCUT2D eigenvalue weighted by Crippen LogP contribution is 2.22. The molecule has 20 heavy (non-hydrogen) atoms. The summed E-state index contributed by atoms with van der Waals surface area (Å²) >= 11 is 8.74. The van der Waals surface area contributed by atoms with Gasteiger partial charge in [-0.25, -0.2) is 0 Å². The van der Waals surface area contributed by atoms with Crippen molar-refractivity contribution in [1.29, 1.82) is 0 Å². The SMILES string of the molecule is O=C(Cn1cc(Br)c([N+](=O)[O-])n1)Nc1ccc(Cl)cc1. The molecule has 1 aromatic carbocycles. The van der Waals surface area contributed by atoms with Crippen molar-refractivity contribution >= 4 is 44.9 Å². The maximum atomic E-state index is 11.8. The first-order chi connectivity index (χ1) is 9.45. The predicted octanol–water partition coefficient (Wildman–Crippen LogP) is 2.85. The molecule has 0 aliphatic heterocycles. The van der Waals surface area contributed by atoms with Crippen molar-refractivity contribution in [3.05, 3.63) is 50.1 Å². The number of nitro groups is 1. The van der Waals surface area contributed by atoms with Gasteiger partial charge in [-0.1, -0.05) is 11.6 Å². The van der Waals surface area contributed by atoms with Crippen LogP contribution in [0.15, 0.2) is 34.9 Å². The zero-order chi connectivity index (χ0) is 14.7. The standard InChI is InChI=1S/C11H8BrClN4O3/c12-9-5-16(15-11(9)17(19)20)6-10(18)14-8-3-1-7(13)2-4-8/h1-5H,6H2,(H,14,18). The van der Waals surface area contributed by atoms with Crippen molar-refractivity contribution < 1.29 is 9.72 Å². The quantitative estimate of drug-likeness (QED) is 0.671. The number of halogens is 2. The molecule has 1 amide bonds. The van der Waals surface area contributed by atoms with Gasteiger partial charge >= 0.3 is 5.82 Å². The van der Waals surface area contributed by atoms with Crippen LogP contribution in [0.2, 0.25) is 5.02 Å². The minimum absolute atomic E-state index is 0.130. The van der Waals surface area contributed by atoms with Crippen LogP contribution in [0.5, 0.6) is 0 Å². The maximum Gasteiger partial charge on any atom is 0.404 e. The first kappa shape index (κ1) is 14.5. The summed E-state index contributed by atoms with van der Waals surface area (Å²) in [6.45, 7) is -0.130. The Labute approximate surface area is 126 Å². The number of nitrogens with zero attached hydrogens (tertiary/aromatic N) is 3. The van der Waals surface area contributed by atoms with Crippen molar-refractivity contribution in [3.63, 3.8) is 0 Å². The second-order valence-electron chi connectivity index (χ2n) is 3.81. The molecule has 2 rings (SSSR count). The third kappa shape index (κ3) is 3.55. The van der Waals surface area contributed by atoms with Gasteiger partial charge < -0.3 is 15.4 Å². The topological polar surface area (TPSA) is 90.1 Å². The number of carbonyl (C=O) groups excluding carboxylic acids is 1. The summed E-state index contributed by atoms with van der Waals surface area (Å²) in [4.78, 5) is 21.8. The Morgan fingerprint density at radius 3 is 2.65 bits per heavy atom. The molecule has 0 aliphatic carbocycles. The Bertz CT molecular complexity index is 656. The lowest BCUT2D eigenvalue weighted by Gasteiger charge is -2.03. The molecule has 0 radical (unpaired) electrons. The van der Waals surface area contributed by atoms with Crippen LogP contribution in [0.3, 0.4) is 0 Å². The molecule has 0 unspecified atom stereocenters. The average Bonchev–Trinajstić information content (AvgIpc) is 2.73. The number of nitrogens with one attached hydrogen (secondary N) is 1. The van der Waals surface area contributed by atoms with Gasteiger partial charge in [0.25, 0.3) is 0 Å². The Kier molecular flexibility index (Phi) is 4.35. The van der Waals surface area contributed by atoms with E-state index in [1.807, 2.05) is 0 Å². The van der Waals surface area contributed by atoms with Crippen LogP contribution >= 0.6 is 27.5 Å². The van der Waals surface area contributed by atoms with Crippen LogP contribution in [-0.2, 0) is 11.3 Å². The lowest BCUT2D eigenvalue weighted by Crippen LogP contribution is -2.19. The van der Waals surface area contributed by atoms with Gasteiger partial charge in [-0.05, 0) is 45.1 Å². The molecule has 0 bridgehead atoms. The first-order valence-corrected chi connectivity index (χ1v) is 6.55. The fourth-order valence-electron chi connectivity index (χ4n) is 1.47. The van der Waals surface area contributed by atoms with E-state index in [1.165, 1.54) is 10.9 Å². The van der Waals surface area contributed by atoms with Gasteiger partial charge in [-0.2, -0.15) is 4.68 Å². The number of hydrogen-bond donors (Lipinski definition) is 1. The lowest BCUT2D eigenvalue weighted by molar-refractivity contribution is -0.390. The van der Waals surface area contributed by atoms with Crippen molar-refractivity contribution in [2.24, 2.45) is 0 Å². The van der Waals surface area contributed by atoms with Gasteiger partial charge in [0.15, 0.2) is 0 Å². The minimum Gasteiger partial charge on any atom is -0.358 e. The van der Waals surface area contributed by atoms with Crippen LogP contribution < -0.4 is 5.32 Å². The highest BCUT2D eigenvalue weighted by molar-refractivity contribution is 9.10. The van der Waals surface area contributed by atoms with E-state index in [4.69, 9.17) is 11.6 Å². The Hall–Kier alpha value is -1.93. The summed E-state index contributed by atoms with van der Waals surface area (Å²) in [6.07, 6.45) is 1.37. The molecule has 7 nitrogen and oxygen atoms in total. The molecule has 0 saturated carbocycles. The molecule has 9 heteroatoms. The predicted molar refractivity (Wildman–Crippen MR) is 76.7 cm³/mol. The van der Waals surface area contributed by atoms with E-state index < -0.39 is 4.92 Å². The van der Waals surface area contributed by atoms with Gasteiger partial charge in [0, 0.05) is 10.7 Å². The van der Waals surface area contributed by atoms with E-state index in [2.05, 4.69) is 26.3 Å². The Morgan fingerprint density at radius 1 is 1.45 bits per heavy atom. The number of anilines is 1. The molecular weight excluding hydrogens is 352 g/mol. The van der Waals surface area contributed by atoms with Gasteiger partial charge in [0.05, 0.1) is 11.3 Å². The van der Waals surface area contributed by atoms with Crippen molar-refractivity contribution in [2.45, 2.75) is 6.54 Å². The van der Waals surface area contributed by atoms with E-state index in [0.29, 0.717) is 10.7 Å². The summed E-state index contributed by atoms with van der Waals surface area (Å²) in [7, 11) is 0. The molecular formula is C11H8BrClN4O3. The normalized spacial score (nSPS) is 10.3. The third-order valence-electron chi connectivity index (χ3n) is 2.31. The molecule has 0 atom stereocenters. The van der Waals surface area contributed by atoms with Crippen molar-refractivity contribution in [3.8, 4) is 0 Å². The van der Waals surface area contributed by atoms with Crippen LogP contribution in [0.1, 0.15) is 0 Å².